The van der Waals surface area contributed by atoms with Crippen LogP contribution in [0.4, 0.5) is 5.69 Å². The van der Waals surface area contributed by atoms with Crippen molar-refractivity contribution in [3.8, 4) is 0 Å². The Hall–Kier alpha value is -2.43. The van der Waals surface area contributed by atoms with Crippen LogP contribution >= 0.6 is 0 Å². The van der Waals surface area contributed by atoms with E-state index in [2.05, 4.69) is 14.9 Å². The van der Waals surface area contributed by atoms with E-state index >= 15 is 0 Å². The fourth-order valence-electron chi connectivity index (χ4n) is 2.34. The predicted molar refractivity (Wildman–Crippen MR) is 71.7 cm³/mol. The Bertz CT molecular complexity index is 626. The summed E-state index contributed by atoms with van der Waals surface area (Å²) in [5, 5.41) is 0. The highest BCUT2D eigenvalue weighted by Crippen LogP contribution is 2.23. The highest BCUT2D eigenvalue weighted by Gasteiger charge is 2.18. The number of nitrogens with two attached hydrogens (primary N) is 1. The summed E-state index contributed by atoms with van der Waals surface area (Å²) < 4.78 is 0. The molecule has 0 saturated carbocycles. The molecule has 1 aliphatic heterocycles. The van der Waals surface area contributed by atoms with E-state index < -0.39 is 5.91 Å². The molecule has 2 N–H and O–H groups in total. The Morgan fingerprint density at radius 3 is 3.11 bits per heavy atom. The summed E-state index contributed by atoms with van der Waals surface area (Å²) >= 11 is 0. The van der Waals surface area contributed by atoms with Crippen LogP contribution in [0.5, 0.6) is 0 Å². The smallest absolute Gasteiger partial charge is 0.248 e. The fraction of sp³-hybridized carbons (Fsp3) is 0.214. The zero-order chi connectivity index (χ0) is 13.2. The van der Waals surface area contributed by atoms with Crippen molar-refractivity contribution in [1.82, 2.24) is 9.97 Å². The first-order valence-electron chi connectivity index (χ1n) is 6.16. The summed E-state index contributed by atoms with van der Waals surface area (Å²) in [6.07, 6.45) is 4.33. The number of anilines is 1. The molecule has 0 unspecified atom stereocenters. The number of fused-ring (bicyclic) bond motifs is 1. The first-order chi connectivity index (χ1) is 9.24. The summed E-state index contributed by atoms with van der Waals surface area (Å²) in [5.41, 5.74) is 9.10. The number of carbonyl (C=O) groups excluding carboxylic acids is 1. The second-order valence-electron chi connectivity index (χ2n) is 4.58. The van der Waals surface area contributed by atoms with Crippen molar-refractivity contribution in [2.45, 2.75) is 13.0 Å². The van der Waals surface area contributed by atoms with Gasteiger partial charge in [-0.15, -0.1) is 0 Å². The Kier molecular flexibility index (Phi) is 2.87. The first kappa shape index (κ1) is 11.6. The number of aromatic nitrogens is 2. The van der Waals surface area contributed by atoms with Gasteiger partial charge in [0.1, 0.15) is 6.33 Å². The summed E-state index contributed by atoms with van der Waals surface area (Å²) in [6.45, 7) is 1.64. The standard InChI is InChI=1S/C14H14N4O/c15-14(19)10-2-1-3-12(6-10)18-5-4-13-11(8-18)7-16-9-17-13/h1-3,6-7,9H,4-5,8H2,(H2,15,19). The third-order valence-electron chi connectivity index (χ3n) is 3.36. The number of amides is 1. The van der Waals surface area contributed by atoms with Crippen molar-refractivity contribution in [3.05, 3.63) is 53.6 Å². The molecule has 5 nitrogen and oxygen atoms in total. The summed E-state index contributed by atoms with van der Waals surface area (Å²) in [7, 11) is 0. The van der Waals surface area contributed by atoms with Gasteiger partial charge in [-0.1, -0.05) is 6.07 Å². The van der Waals surface area contributed by atoms with Crippen LogP contribution in [0.1, 0.15) is 21.6 Å². The van der Waals surface area contributed by atoms with Gasteiger partial charge in [0.15, 0.2) is 0 Å². The summed E-state index contributed by atoms with van der Waals surface area (Å²) in [6, 6.07) is 7.40. The molecule has 19 heavy (non-hydrogen) atoms. The van der Waals surface area contributed by atoms with Gasteiger partial charge in [0, 0.05) is 42.5 Å². The van der Waals surface area contributed by atoms with Crippen LogP contribution in [0, 0.1) is 0 Å². The molecule has 1 amide bonds. The minimum absolute atomic E-state index is 0.400. The van der Waals surface area contributed by atoms with Gasteiger partial charge in [-0.3, -0.25) is 4.79 Å². The van der Waals surface area contributed by atoms with Gasteiger partial charge < -0.3 is 10.6 Å². The van der Waals surface area contributed by atoms with Crippen molar-refractivity contribution in [2.75, 3.05) is 11.4 Å². The third-order valence-corrected chi connectivity index (χ3v) is 3.36. The van der Waals surface area contributed by atoms with E-state index in [1.54, 1.807) is 12.4 Å². The van der Waals surface area contributed by atoms with Crippen LogP contribution in [-0.4, -0.2) is 22.4 Å². The Balaban J connectivity index is 1.89. The molecule has 2 aromatic rings. The Labute approximate surface area is 111 Å². The molecule has 5 heteroatoms. The first-order valence-corrected chi connectivity index (χ1v) is 6.16. The maximum absolute atomic E-state index is 11.2. The van der Waals surface area contributed by atoms with Crippen molar-refractivity contribution in [3.63, 3.8) is 0 Å². The Morgan fingerprint density at radius 2 is 2.26 bits per heavy atom. The molecule has 0 saturated heterocycles. The molecule has 1 aliphatic rings. The van der Waals surface area contributed by atoms with E-state index in [1.165, 1.54) is 0 Å². The molecule has 0 atom stereocenters. The fourth-order valence-corrected chi connectivity index (χ4v) is 2.34. The number of nitrogens with zero attached hydrogens (tertiary/aromatic N) is 3. The molecular formula is C14H14N4O. The van der Waals surface area contributed by atoms with E-state index in [-0.39, 0.29) is 0 Å². The maximum Gasteiger partial charge on any atom is 0.248 e. The number of primary amides is 1. The average molecular weight is 254 g/mol. The molecule has 0 bridgehead atoms. The van der Waals surface area contributed by atoms with Crippen LogP contribution in [0.25, 0.3) is 0 Å². The zero-order valence-electron chi connectivity index (χ0n) is 10.4. The second kappa shape index (κ2) is 4.68. The molecule has 96 valence electrons. The minimum atomic E-state index is -0.400. The molecular weight excluding hydrogens is 240 g/mol. The maximum atomic E-state index is 11.2. The van der Waals surface area contributed by atoms with Gasteiger partial charge >= 0.3 is 0 Å². The van der Waals surface area contributed by atoms with Crippen LogP contribution in [-0.2, 0) is 13.0 Å². The van der Waals surface area contributed by atoms with E-state index in [0.29, 0.717) is 5.56 Å². The lowest BCUT2D eigenvalue weighted by molar-refractivity contribution is 0.100. The molecule has 2 heterocycles. The van der Waals surface area contributed by atoms with E-state index in [9.17, 15) is 4.79 Å². The van der Waals surface area contributed by atoms with Gasteiger partial charge in [0.05, 0.1) is 5.69 Å². The SMILES string of the molecule is NC(=O)c1cccc(N2CCc3ncncc3C2)c1. The lowest BCUT2D eigenvalue weighted by atomic mass is 10.1. The van der Waals surface area contributed by atoms with Crippen molar-refractivity contribution < 1.29 is 4.79 Å². The highest BCUT2D eigenvalue weighted by molar-refractivity contribution is 5.93. The Morgan fingerprint density at radius 1 is 1.37 bits per heavy atom. The lowest BCUT2D eigenvalue weighted by Crippen LogP contribution is -2.31. The normalized spacial score (nSPS) is 14.0. The number of benzene rings is 1. The van der Waals surface area contributed by atoms with Crippen LogP contribution < -0.4 is 10.6 Å². The van der Waals surface area contributed by atoms with Gasteiger partial charge in [0.25, 0.3) is 0 Å². The number of rotatable bonds is 2. The summed E-state index contributed by atoms with van der Waals surface area (Å²) in [4.78, 5) is 21.8. The number of hydrogen-bond donors (Lipinski definition) is 1. The molecule has 0 fully saturated rings. The molecule has 0 spiro atoms. The number of hydrogen-bond acceptors (Lipinski definition) is 4. The van der Waals surface area contributed by atoms with Gasteiger partial charge in [-0.25, -0.2) is 9.97 Å². The lowest BCUT2D eigenvalue weighted by Gasteiger charge is -2.29. The molecule has 0 aliphatic carbocycles. The van der Waals surface area contributed by atoms with Crippen LogP contribution in [0.15, 0.2) is 36.8 Å². The van der Waals surface area contributed by atoms with E-state index in [0.717, 1.165) is 36.5 Å². The quantitative estimate of drug-likeness (QED) is 0.872. The number of carbonyl (C=O) groups is 1. The topological polar surface area (TPSA) is 72.1 Å². The van der Waals surface area contributed by atoms with E-state index in [1.807, 2.05) is 24.4 Å². The van der Waals surface area contributed by atoms with Crippen molar-refractivity contribution >= 4 is 11.6 Å². The van der Waals surface area contributed by atoms with Crippen LogP contribution in [0.2, 0.25) is 0 Å². The zero-order valence-corrected chi connectivity index (χ0v) is 10.4. The van der Waals surface area contributed by atoms with Gasteiger partial charge in [-0.05, 0) is 18.2 Å². The molecule has 0 radical (unpaired) electrons. The van der Waals surface area contributed by atoms with Crippen LogP contribution in [0.3, 0.4) is 0 Å². The van der Waals surface area contributed by atoms with Crippen molar-refractivity contribution in [1.29, 1.82) is 0 Å². The van der Waals surface area contributed by atoms with Crippen molar-refractivity contribution in [2.24, 2.45) is 5.73 Å². The summed E-state index contributed by atoms with van der Waals surface area (Å²) in [5.74, 6) is -0.400. The van der Waals surface area contributed by atoms with E-state index in [4.69, 9.17) is 5.73 Å². The largest absolute Gasteiger partial charge is 0.367 e. The monoisotopic (exact) mass is 254 g/mol. The predicted octanol–water partition coefficient (Wildman–Crippen LogP) is 1.14. The molecule has 1 aromatic heterocycles. The second-order valence-corrected chi connectivity index (χ2v) is 4.58. The average Bonchev–Trinajstić information content (AvgIpc) is 2.47. The molecule has 3 rings (SSSR count). The minimum Gasteiger partial charge on any atom is -0.367 e. The highest BCUT2D eigenvalue weighted by atomic mass is 16.1. The molecule has 1 aromatic carbocycles. The van der Waals surface area contributed by atoms with Gasteiger partial charge in [-0.2, -0.15) is 0 Å². The third kappa shape index (κ3) is 2.27. The van der Waals surface area contributed by atoms with Gasteiger partial charge in [0.2, 0.25) is 5.91 Å².